The van der Waals surface area contributed by atoms with Crippen molar-refractivity contribution in [1.29, 1.82) is 0 Å². The van der Waals surface area contributed by atoms with Crippen LogP contribution >= 0.6 is 11.8 Å². The maximum Gasteiger partial charge on any atom is 0.104 e. The van der Waals surface area contributed by atoms with Gasteiger partial charge in [0.25, 0.3) is 0 Å². The van der Waals surface area contributed by atoms with E-state index in [0.29, 0.717) is 0 Å². The summed E-state index contributed by atoms with van der Waals surface area (Å²) < 4.78 is 0. The number of rotatable bonds is 3. The second-order valence-corrected chi connectivity index (χ2v) is 4.77. The van der Waals surface area contributed by atoms with Gasteiger partial charge in [-0.2, -0.15) is 0 Å². The molecule has 0 aliphatic rings. The van der Waals surface area contributed by atoms with E-state index in [0.717, 1.165) is 11.3 Å². The van der Waals surface area contributed by atoms with Crippen LogP contribution in [-0.4, -0.2) is 11.7 Å². The standard InChI is InChI=1S/C16H14OS/c17-12-6-9-14-7-4-5-8-15(14)13-18-16-10-2-1-3-11-16/h1-5,7-8,10-11,17H,12-13H2. The van der Waals surface area contributed by atoms with Gasteiger partial charge in [0.1, 0.15) is 6.61 Å². The third kappa shape index (κ3) is 3.66. The van der Waals surface area contributed by atoms with Crippen LogP contribution in [0, 0.1) is 11.8 Å². The topological polar surface area (TPSA) is 20.2 Å². The van der Waals surface area contributed by atoms with Crippen molar-refractivity contribution in [3.8, 4) is 11.8 Å². The zero-order chi connectivity index (χ0) is 12.6. The summed E-state index contributed by atoms with van der Waals surface area (Å²) in [6.07, 6.45) is 0. The van der Waals surface area contributed by atoms with Crippen LogP contribution in [0.15, 0.2) is 59.5 Å². The molecule has 0 aliphatic heterocycles. The predicted molar refractivity (Wildman–Crippen MR) is 76.4 cm³/mol. The molecule has 0 heterocycles. The van der Waals surface area contributed by atoms with Crippen molar-refractivity contribution < 1.29 is 5.11 Å². The van der Waals surface area contributed by atoms with Crippen molar-refractivity contribution in [2.24, 2.45) is 0 Å². The Morgan fingerprint density at radius 2 is 1.67 bits per heavy atom. The molecule has 2 rings (SSSR count). The summed E-state index contributed by atoms with van der Waals surface area (Å²) in [4.78, 5) is 1.25. The molecule has 1 N–H and O–H groups in total. The normalized spacial score (nSPS) is 9.61. The van der Waals surface area contributed by atoms with E-state index in [1.807, 2.05) is 36.4 Å². The summed E-state index contributed by atoms with van der Waals surface area (Å²) in [7, 11) is 0. The minimum absolute atomic E-state index is 0.0971. The van der Waals surface area contributed by atoms with Crippen LogP contribution in [0.4, 0.5) is 0 Å². The highest BCUT2D eigenvalue weighted by Crippen LogP contribution is 2.23. The van der Waals surface area contributed by atoms with E-state index < -0.39 is 0 Å². The summed E-state index contributed by atoms with van der Waals surface area (Å²) >= 11 is 1.79. The summed E-state index contributed by atoms with van der Waals surface area (Å²) in [5, 5.41) is 8.75. The first-order valence-corrected chi connectivity index (χ1v) is 6.74. The molecule has 0 bridgehead atoms. The van der Waals surface area contributed by atoms with E-state index in [4.69, 9.17) is 5.11 Å². The molecule has 0 atom stereocenters. The second kappa shape index (κ2) is 6.90. The maximum atomic E-state index is 8.75. The smallest absolute Gasteiger partial charge is 0.104 e. The molecule has 0 radical (unpaired) electrons. The molecular weight excluding hydrogens is 240 g/mol. The highest BCUT2D eigenvalue weighted by atomic mass is 32.2. The third-order valence-electron chi connectivity index (χ3n) is 2.46. The Hall–Kier alpha value is -1.69. The second-order valence-electron chi connectivity index (χ2n) is 3.72. The van der Waals surface area contributed by atoms with Crippen molar-refractivity contribution in [2.75, 3.05) is 6.61 Å². The Morgan fingerprint density at radius 1 is 0.944 bits per heavy atom. The van der Waals surface area contributed by atoms with Gasteiger partial charge in [0.2, 0.25) is 0 Å². The summed E-state index contributed by atoms with van der Waals surface area (Å²) in [5.41, 5.74) is 2.20. The SMILES string of the molecule is OCC#Cc1ccccc1CSc1ccccc1. The molecule has 2 aromatic rings. The highest BCUT2D eigenvalue weighted by molar-refractivity contribution is 7.98. The Balaban J connectivity index is 2.09. The molecular formula is C16H14OS. The molecule has 2 aromatic carbocycles. The quantitative estimate of drug-likeness (QED) is 0.670. The van der Waals surface area contributed by atoms with Crippen LogP contribution in [0.25, 0.3) is 0 Å². The predicted octanol–water partition coefficient (Wildman–Crippen LogP) is 3.32. The van der Waals surface area contributed by atoms with E-state index in [1.165, 1.54) is 10.5 Å². The van der Waals surface area contributed by atoms with Crippen molar-refractivity contribution in [2.45, 2.75) is 10.6 Å². The fourth-order valence-corrected chi connectivity index (χ4v) is 2.50. The molecule has 0 amide bonds. The van der Waals surface area contributed by atoms with E-state index >= 15 is 0 Å². The summed E-state index contributed by atoms with van der Waals surface area (Å²) in [6.45, 7) is -0.0971. The fourth-order valence-electron chi connectivity index (χ4n) is 1.58. The molecule has 1 nitrogen and oxygen atoms in total. The first-order chi connectivity index (χ1) is 8.90. The Morgan fingerprint density at radius 3 is 2.44 bits per heavy atom. The molecule has 0 unspecified atom stereocenters. The Kier molecular flexibility index (Phi) is 4.89. The Bertz CT molecular complexity index is 552. The number of hydrogen-bond donors (Lipinski definition) is 1. The van der Waals surface area contributed by atoms with Crippen molar-refractivity contribution in [3.05, 3.63) is 65.7 Å². The molecule has 0 fully saturated rings. The number of aliphatic hydroxyl groups is 1. The van der Waals surface area contributed by atoms with Gasteiger partial charge in [0.15, 0.2) is 0 Å². The van der Waals surface area contributed by atoms with Crippen LogP contribution < -0.4 is 0 Å². The van der Waals surface area contributed by atoms with Gasteiger partial charge in [-0.05, 0) is 23.8 Å². The van der Waals surface area contributed by atoms with Crippen molar-refractivity contribution >= 4 is 11.8 Å². The van der Waals surface area contributed by atoms with E-state index in [9.17, 15) is 0 Å². The molecule has 0 aliphatic carbocycles. The lowest BCUT2D eigenvalue weighted by molar-refractivity contribution is 0.350. The zero-order valence-electron chi connectivity index (χ0n) is 9.97. The van der Waals surface area contributed by atoms with Crippen molar-refractivity contribution in [1.82, 2.24) is 0 Å². The summed E-state index contributed by atoms with van der Waals surface area (Å²) in [5.74, 6) is 6.57. The molecule has 2 heteroatoms. The van der Waals surface area contributed by atoms with Gasteiger partial charge in [-0.25, -0.2) is 0 Å². The lowest BCUT2D eigenvalue weighted by atomic mass is 10.1. The third-order valence-corrected chi connectivity index (χ3v) is 3.52. The maximum absolute atomic E-state index is 8.75. The van der Waals surface area contributed by atoms with Gasteiger partial charge in [-0.3, -0.25) is 0 Å². The van der Waals surface area contributed by atoms with Gasteiger partial charge in [0.05, 0.1) is 0 Å². The minimum Gasteiger partial charge on any atom is -0.384 e. The lowest BCUT2D eigenvalue weighted by Gasteiger charge is -2.04. The minimum atomic E-state index is -0.0971. The average molecular weight is 254 g/mol. The molecule has 0 saturated carbocycles. The van der Waals surface area contributed by atoms with E-state index in [2.05, 4.69) is 30.0 Å². The number of aliphatic hydroxyl groups excluding tert-OH is 1. The van der Waals surface area contributed by atoms with Crippen molar-refractivity contribution in [3.63, 3.8) is 0 Å². The molecule has 0 aromatic heterocycles. The van der Waals surface area contributed by atoms with Crippen LogP contribution in [0.1, 0.15) is 11.1 Å². The zero-order valence-corrected chi connectivity index (χ0v) is 10.8. The largest absolute Gasteiger partial charge is 0.384 e. The van der Waals surface area contributed by atoms with Gasteiger partial charge >= 0.3 is 0 Å². The van der Waals surface area contributed by atoms with Crippen LogP contribution in [0.3, 0.4) is 0 Å². The highest BCUT2D eigenvalue weighted by Gasteiger charge is 2.00. The lowest BCUT2D eigenvalue weighted by Crippen LogP contribution is -1.87. The molecule has 0 spiro atoms. The van der Waals surface area contributed by atoms with Gasteiger partial charge in [0, 0.05) is 16.2 Å². The van der Waals surface area contributed by atoms with Gasteiger partial charge < -0.3 is 5.11 Å². The Labute approximate surface area is 112 Å². The van der Waals surface area contributed by atoms with Crippen LogP contribution in [0.2, 0.25) is 0 Å². The number of benzene rings is 2. The van der Waals surface area contributed by atoms with E-state index in [1.54, 1.807) is 11.8 Å². The average Bonchev–Trinajstić information content (AvgIpc) is 2.45. The molecule has 18 heavy (non-hydrogen) atoms. The van der Waals surface area contributed by atoms with E-state index in [-0.39, 0.29) is 6.61 Å². The van der Waals surface area contributed by atoms with Crippen LogP contribution in [0.5, 0.6) is 0 Å². The van der Waals surface area contributed by atoms with Gasteiger partial charge in [-0.1, -0.05) is 48.2 Å². The summed E-state index contributed by atoms with van der Waals surface area (Å²) in [6, 6.07) is 18.4. The van der Waals surface area contributed by atoms with Gasteiger partial charge in [-0.15, -0.1) is 11.8 Å². The number of hydrogen-bond acceptors (Lipinski definition) is 2. The molecule has 90 valence electrons. The first-order valence-electron chi connectivity index (χ1n) is 5.75. The number of thioether (sulfide) groups is 1. The van der Waals surface area contributed by atoms with Crippen LogP contribution in [-0.2, 0) is 5.75 Å². The fraction of sp³-hybridized carbons (Fsp3) is 0.125. The molecule has 0 saturated heterocycles. The monoisotopic (exact) mass is 254 g/mol. The first kappa shape index (κ1) is 12.8.